The zero-order chi connectivity index (χ0) is 16.8. The summed E-state index contributed by atoms with van der Waals surface area (Å²) in [4.78, 5) is 4.95. The van der Waals surface area contributed by atoms with E-state index in [9.17, 15) is 0 Å². The Morgan fingerprint density at radius 2 is 1.67 bits per heavy atom. The van der Waals surface area contributed by atoms with Crippen LogP contribution in [0.25, 0.3) is 0 Å². The molecule has 1 fully saturated rings. The summed E-state index contributed by atoms with van der Waals surface area (Å²) in [6, 6.07) is 16.9. The standard InChI is InChI=1S/C20H26N2O2/c1-3-24-20-15-17(9-10-19(20)23-2)16-21-11-13-22(14-12-21)18-7-5-4-6-8-18/h4-10,15H,3,11-14,16H2,1-2H3. The highest BCUT2D eigenvalue weighted by molar-refractivity contribution is 5.46. The summed E-state index contributed by atoms with van der Waals surface area (Å²) in [5.74, 6) is 1.63. The number of hydrogen-bond acceptors (Lipinski definition) is 4. The number of piperazine rings is 1. The van der Waals surface area contributed by atoms with E-state index in [1.54, 1.807) is 7.11 Å². The van der Waals surface area contributed by atoms with Crippen molar-refractivity contribution < 1.29 is 9.47 Å². The number of nitrogens with zero attached hydrogens (tertiary/aromatic N) is 2. The van der Waals surface area contributed by atoms with Gasteiger partial charge in [0.2, 0.25) is 0 Å². The van der Waals surface area contributed by atoms with E-state index in [2.05, 4.69) is 52.3 Å². The Bertz CT molecular complexity index is 637. The van der Waals surface area contributed by atoms with Crippen LogP contribution in [0.4, 0.5) is 5.69 Å². The molecule has 4 heteroatoms. The molecule has 24 heavy (non-hydrogen) atoms. The minimum atomic E-state index is 0.648. The molecule has 0 radical (unpaired) electrons. The van der Waals surface area contributed by atoms with Crippen LogP contribution in [0, 0.1) is 0 Å². The van der Waals surface area contributed by atoms with E-state index < -0.39 is 0 Å². The van der Waals surface area contributed by atoms with Crippen molar-refractivity contribution in [1.82, 2.24) is 4.90 Å². The van der Waals surface area contributed by atoms with E-state index in [1.165, 1.54) is 11.3 Å². The molecule has 0 aromatic heterocycles. The first-order chi connectivity index (χ1) is 11.8. The number of rotatable bonds is 6. The molecule has 0 atom stereocenters. The van der Waals surface area contributed by atoms with E-state index in [1.807, 2.05) is 13.0 Å². The Kier molecular flexibility index (Phi) is 5.59. The van der Waals surface area contributed by atoms with E-state index >= 15 is 0 Å². The second kappa shape index (κ2) is 8.06. The number of anilines is 1. The van der Waals surface area contributed by atoms with Gasteiger partial charge in [-0.05, 0) is 36.8 Å². The Morgan fingerprint density at radius 3 is 2.33 bits per heavy atom. The lowest BCUT2D eigenvalue weighted by molar-refractivity contribution is 0.249. The van der Waals surface area contributed by atoms with Crippen LogP contribution in [0.3, 0.4) is 0 Å². The molecule has 0 N–H and O–H groups in total. The molecule has 0 unspecified atom stereocenters. The molecule has 1 aliphatic rings. The first-order valence-corrected chi connectivity index (χ1v) is 8.62. The van der Waals surface area contributed by atoms with Crippen molar-refractivity contribution in [1.29, 1.82) is 0 Å². The number of para-hydroxylation sites is 1. The fraction of sp³-hybridized carbons (Fsp3) is 0.400. The molecule has 4 nitrogen and oxygen atoms in total. The molecule has 128 valence electrons. The van der Waals surface area contributed by atoms with E-state index in [0.29, 0.717) is 6.61 Å². The van der Waals surface area contributed by atoms with Crippen LogP contribution in [0.5, 0.6) is 11.5 Å². The van der Waals surface area contributed by atoms with Crippen molar-refractivity contribution in [2.45, 2.75) is 13.5 Å². The summed E-state index contributed by atoms with van der Waals surface area (Å²) in [5.41, 5.74) is 2.59. The molecule has 0 saturated carbocycles. The Morgan fingerprint density at radius 1 is 0.917 bits per heavy atom. The van der Waals surface area contributed by atoms with Crippen LogP contribution >= 0.6 is 0 Å². The topological polar surface area (TPSA) is 24.9 Å². The average molecular weight is 326 g/mol. The fourth-order valence-electron chi connectivity index (χ4n) is 3.15. The minimum absolute atomic E-state index is 0.648. The monoisotopic (exact) mass is 326 g/mol. The van der Waals surface area contributed by atoms with Gasteiger partial charge in [-0.15, -0.1) is 0 Å². The molecule has 1 heterocycles. The average Bonchev–Trinajstić information content (AvgIpc) is 2.64. The molecule has 0 amide bonds. The van der Waals surface area contributed by atoms with Gasteiger partial charge in [-0.1, -0.05) is 24.3 Å². The summed E-state index contributed by atoms with van der Waals surface area (Å²) < 4.78 is 11.0. The molecule has 0 spiro atoms. The molecule has 1 aliphatic heterocycles. The maximum absolute atomic E-state index is 5.68. The third-order valence-electron chi connectivity index (χ3n) is 4.43. The van der Waals surface area contributed by atoms with E-state index in [4.69, 9.17) is 9.47 Å². The maximum Gasteiger partial charge on any atom is 0.161 e. The van der Waals surface area contributed by atoms with Crippen LogP contribution in [0.1, 0.15) is 12.5 Å². The summed E-state index contributed by atoms with van der Waals surface area (Å²) in [6.07, 6.45) is 0. The van der Waals surface area contributed by atoms with Crippen LogP contribution < -0.4 is 14.4 Å². The molecule has 0 aliphatic carbocycles. The molecule has 2 aromatic rings. The number of benzene rings is 2. The molecule has 3 rings (SSSR count). The Labute approximate surface area is 144 Å². The van der Waals surface area contributed by atoms with Gasteiger partial charge >= 0.3 is 0 Å². The Hall–Kier alpha value is -2.20. The molecular weight excluding hydrogens is 300 g/mol. The number of methoxy groups -OCH3 is 1. The van der Waals surface area contributed by atoms with Crippen LogP contribution in [-0.2, 0) is 6.54 Å². The van der Waals surface area contributed by atoms with Crippen molar-refractivity contribution >= 4 is 5.69 Å². The van der Waals surface area contributed by atoms with Gasteiger partial charge in [0, 0.05) is 38.4 Å². The quantitative estimate of drug-likeness (QED) is 0.812. The van der Waals surface area contributed by atoms with Gasteiger partial charge in [-0.25, -0.2) is 0 Å². The van der Waals surface area contributed by atoms with E-state index in [0.717, 1.165) is 44.2 Å². The van der Waals surface area contributed by atoms with E-state index in [-0.39, 0.29) is 0 Å². The SMILES string of the molecule is CCOc1cc(CN2CCN(c3ccccc3)CC2)ccc1OC. The van der Waals surface area contributed by atoms with Crippen LogP contribution in [-0.4, -0.2) is 44.8 Å². The normalized spacial score (nSPS) is 15.3. The van der Waals surface area contributed by atoms with Crippen molar-refractivity contribution in [2.75, 3.05) is 44.8 Å². The highest BCUT2D eigenvalue weighted by Crippen LogP contribution is 2.28. The zero-order valence-electron chi connectivity index (χ0n) is 14.6. The third-order valence-corrected chi connectivity index (χ3v) is 4.43. The first kappa shape index (κ1) is 16.7. The number of hydrogen-bond donors (Lipinski definition) is 0. The lowest BCUT2D eigenvalue weighted by Gasteiger charge is -2.36. The van der Waals surface area contributed by atoms with Crippen molar-refractivity contribution in [3.8, 4) is 11.5 Å². The predicted octanol–water partition coefficient (Wildman–Crippen LogP) is 3.42. The zero-order valence-corrected chi connectivity index (χ0v) is 14.6. The second-order valence-corrected chi connectivity index (χ2v) is 6.02. The summed E-state index contributed by atoms with van der Waals surface area (Å²) in [5, 5.41) is 0. The van der Waals surface area contributed by atoms with Crippen LogP contribution in [0.15, 0.2) is 48.5 Å². The molecule has 0 bridgehead atoms. The van der Waals surface area contributed by atoms with Gasteiger partial charge < -0.3 is 14.4 Å². The second-order valence-electron chi connectivity index (χ2n) is 6.02. The molecule has 1 saturated heterocycles. The molecule has 2 aromatic carbocycles. The Balaban J connectivity index is 1.59. The van der Waals surface area contributed by atoms with Crippen LogP contribution in [0.2, 0.25) is 0 Å². The minimum Gasteiger partial charge on any atom is -0.493 e. The van der Waals surface area contributed by atoms with Gasteiger partial charge in [0.05, 0.1) is 13.7 Å². The van der Waals surface area contributed by atoms with Gasteiger partial charge in [0.15, 0.2) is 11.5 Å². The fourth-order valence-corrected chi connectivity index (χ4v) is 3.15. The lowest BCUT2D eigenvalue weighted by Crippen LogP contribution is -2.45. The van der Waals surface area contributed by atoms with Gasteiger partial charge in [-0.2, -0.15) is 0 Å². The van der Waals surface area contributed by atoms with Crippen molar-refractivity contribution in [2.24, 2.45) is 0 Å². The van der Waals surface area contributed by atoms with Crippen molar-refractivity contribution in [3.05, 3.63) is 54.1 Å². The smallest absolute Gasteiger partial charge is 0.161 e. The predicted molar refractivity (Wildman–Crippen MR) is 98.1 cm³/mol. The summed E-state index contributed by atoms with van der Waals surface area (Å²) in [7, 11) is 1.68. The van der Waals surface area contributed by atoms with Gasteiger partial charge in [0.1, 0.15) is 0 Å². The third kappa shape index (κ3) is 4.01. The highest BCUT2D eigenvalue weighted by Gasteiger charge is 2.17. The summed E-state index contributed by atoms with van der Waals surface area (Å²) >= 11 is 0. The lowest BCUT2D eigenvalue weighted by atomic mass is 10.1. The number of ether oxygens (including phenoxy) is 2. The summed E-state index contributed by atoms with van der Waals surface area (Å²) in [6.45, 7) is 7.88. The molecular formula is C20H26N2O2. The highest BCUT2D eigenvalue weighted by atomic mass is 16.5. The maximum atomic E-state index is 5.68. The van der Waals surface area contributed by atoms with Crippen molar-refractivity contribution in [3.63, 3.8) is 0 Å². The van der Waals surface area contributed by atoms with Gasteiger partial charge in [0.25, 0.3) is 0 Å². The largest absolute Gasteiger partial charge is 0.493 e. The first-order valence-electron chi connectivity index (χ1n) is 8.62. The van der Waals surface area contributed by atoms with Gasteiger partial charge in [-0.3, -0.25) is 4.90 Å².